The number of benzene rings is 2. The molecular formula is C31H34ClN5O5. The van der Waals surface area contributed by atoms with Crippen LogP contribution in [-0.2, 0) is 0 Å². The maximum atomic E-state index is 13.3. The number of aliphatic hydroxyl groups excluding tert-OH is 1. The first-order valence-corrected chi connectivity index (χ1v) is 14.6. The number of carbonyl (C=O) groups excluding carboxylic acids is 2. The molecule has 0 saturated carbocycles. The average Bonchev–Trinajstić information content (AvgIpc) is 2.98. The number of ether oxygens (including phenoxy) is 2. The highest BCUT2D eigenvalue weighted by Crippen LogP contribution is 2.41. The summed E-state index contributed by atoms with van der Waals surface area (Å²) in [5, 5.41) is 10.9. The van der Waals surface area contributed by atoms with Crippen LogP contribution in [0.1, 0.15) is 66.7 Å². The minimum Gasteiger partial charge on any atom is -0.460 e. The molecule has 2 aliphatic rings. The van der Waals surface area contributed by atoms with Crippen molar-refractivity contribution in [2.45, 2.75) is 52.1 Å². The van der Waals surface area contributed by atoms with E-state index in [0.717, 1.165) is 38.8 Å². The van der Waals surface area contributed by atoms with Gasteiger partial charge in [-0.2, -0.15) is 15.0 Å². The molecule has 0 bridgehead atoms. The number of halogens is 1. The Morgan fingerprint density at radius 1 is 0.905 bits per heavy atom. The van der Waals surface area contributed by atoms with E-state index in [4.69, 9.17) is 26.8 Å². The third-order valence-electron chi connectivity index (χ3n) is 7.56. The zero-order valence-corrected chi connectivity index (χ0v) is 24.4. The number of fused-ring (bicyclic) bond motifs is 2. The molecule has 11 heteroatoms. The number of nitrogens with zero attached hydrogens (tertiary/aromatic N) is 4. The van der Waals surface area contributed by atoms with Gasteiger partial charge in [-0.3, -0.25) is 9.59 Å². The molecule has 3 unspecified atom stereocenters. The van der Waals surface area contributed by atoms with Gasteiger partial charge in [0, 0.05) is 30.6 Å². The predicted molar refractivity (Wildman–Crippen MR) is 158 cm³/mol. The monoisotopic (exact) mass is 591 g/mol. The van der Waals surface area contributed by atoms with E-state index in [2.05, 4.69) is 33.7 Å². The van der Waals surface area contributed by atoms with Crippen LogP contribution in [0.15, 0.2) is 60.0 Å². The van der Waals surface area contributed by atoms with Gasteiger partial charge in [0.1, 0.15) is 17.3 Å². The highest BCUT2D eigenvalue weighted by molar-refractivity contribution is 6.28. The minimum atomic E-state index is -1.11. The van der Waals surface area contributed by atoms with E-state index in [1.54, 1.807) is 48.5 Å². The summed E-state index contributed by atoms with van der Waals surface area (Å²) < 4.78 is 11.9. The number of hydrogen-bond donors (Lipinski definition) is 2. The van der Waals surface area contributed by atoms with Crippen molar-refractivity contribution in [1.29, 1.82) is 0 Å². The Kier molecular flexibility index (Phi) is 9.03. The molecule has 3 N–H and O–H groups in total. The molecule has 0 amide bonds. The summed E-state index contributed by atoms with van der Waals surface area (Å²) in [4.78, 5) is 41.4. The minimum absolute atomic E-state index is 0.00509. The molecule has 0 fully saturated rings. The van der Waals surface area contributed by atoms with Gasteiger partial charge in [0.15, 0.2) is 11.6 Å². The second-order valence-electron chi connectivity index (χ2n) is 10.5. The fourth-order valence-corrected chi connectivity index (χ4v) is 5.50. The fourth-order valence-electron chi connectivity index (χ4n) is 5.36. The molecule has 3 atom stereocenters. The predicted octanol–water partition coefficient (Wildman–Crippen LogP) is 5.35. The third kappa shape index (κ3) is 6.10. The van der Waals surface area contributed by atoms with E-state index in [1.165, 1.54) is 0 Å². The summed E-state index contributed by atoms with van der Waals surface area (Å²) in [6.45, 7) is 5.88. The van der Waals surface area contributed by atoms with Gasteiger partial charge in [0.2, 0.25) is 11.2 Å². The number of hydrogen-bond acceptors (Lipinski definition) is 10. The van der Waals surface area contributed by atoms with Crippen LogP contribution in [0.25, 0.3) is 0 Å². The summed E-state index contributed by atoms with van der Waals surface area (Å²) in [6.07, 6.45) is 2.99. The normalized spacial score (nSPS) is 19.8. The van der Waals surface area contributed by atoms with Crippen molar-refractivity contribution in [2.24, 2.45) is 17.6 Å². The Morgan fingerprint density at radius 2 is 1.50 bits per heavy atom. The van der Waals surface area contributed by atoms with Crippen LogP contribution in [0.5, 0.6) is 17.5 Å². The molecule has 2 aromatic carbocycles. The molecule has 2 aliphatic carbocycles. The lowest BCUT2D eigenvalue weighted by Crippen LogP contribution is -2.49. The first-order chi connectivity index (χ1) is 20.3. The van der Waals surface area contributed by atoms with Gasteiger partial charge in [-0.1, -0.05) is 51.0 Å². The second-order valence-corrected chi connectivity index (χ2v) is 10.8. The number of aliphatic hydroxyl groups is 1. The number of ketones is 2. The number of aromatic nitrogens is 3. The van der Waals surface area contributed by atoms with E-state index >= 15 is 0 Å². The topological polar surface area (TPSA) is 141 Å². The number of Topliss-reactive ketones (excluding diaryl/α,β-unsaturated/α-hetero) is 2. The summed E-state index contributed by atoms with van der Waals surface area (Å²) in [5.74, 6) is -0.910. The van der Waals surface area contributed by atoms with Crippen LogP contribution in [0.3, 0.4) is 0 Å². The number of carbonyl (C=O) groups is 2. The van der Waals surface area contributed by atoms with Gasteiger partial charge in [0.05, 0.1) is 23.6 Å². The Morgan fingerprint density at radius 3 is 2.12 bits per heavy atom. The van der Waals surface area contributed by atoms with Crippen LogP contribution in [0, 0.1) is 11.8 Å². The van der Waals surface area contributed by atoms with E-state index in [1.807, 2.05) is 0 Å². The van der Waals surface area contributed by atoms with Crippen molar-refractivity contribution in [3.63, 3.8) is 0 Å². The van der Waals surface area contributed by atoms with Crippen molar-refractivity contribution < 1.29 is 24.2 Å². The number of rotatable bonds is 11. The molecule has 1 aromatic heterocycles. The number of anilines is 1. The van der Waals surface area contributed by atoms with Gasteiger partial charge in [-0.25, -0.2) is 0 Å². The number of allylic oxidation sites excluding steroid dienone is 1. The highest BCUT2D eigenvalue weighted by Gasteiger charge is 2.50. The Hall–Kier alpha value is -4.02. The smallest absolute Gasteiger partial charge is 0.328 e. The van der Waals surface area contributed by atoms with Gasteiger partial charge in [0.25, 0.3) is 0 Å². The maximum Gasteiger partial charge on any atom is 0.328 e. The maximum absolute atomic E-state index is 13.3. The Balaban J connectivity index is 1.32. The molecule has 0 radical (unpaired) electrons. The van der Waals surface area contributed by atoms with Crippen molar-refractivity contribution in [2.75, 3.05) is 18.0 Å². The molecular weight excluding hydrogens is 558 g/mol. The van der Waals surface area contributed by atoms with Crippen LogP contribution in [0.4, 0.5) is 5.95 Å². The van der Waals surface area contributed by atoms with E-state index in [0.29, 0.717) is 28.6 Å². The summed E-state index contributed by atoms with van der Waals surface area (Å²) in [6, 6.07) is 13.4. The van der Waals surface area contributed by atoms with Crippen LogP contribution in [0.2, 0.25) is 5.28 Å². The van der Waals surface area contributed by atoms with Crippen molar-refractivity contribution in [3.05, 3.63) is 76.4 Å². The van der Waals surface area contributed by atoms with Crippen LogP contribution in [-0.4, -0.2) is 50.8 Å². The molecule has 0 saturated heterocycles. The van der Waals surface area contributed by atoms with Crippen molar-refractivity contribution in [1.82, 2.24) is 15.0 Å². The van der Waals surface area contributed by atoms with Crippen molar-refractivity contribution >= 4 is 29.1 Å². The molecule has 42 heavy (non-hydrogen) atoms. The largest absolute Gasteiger partial charge is 0.460 e. The lowest BCUT2D eigenvalue weighted by molar-refractivity contribution is 0.0390. The molecule has 5 rings (SSSR count). The zero-order valence-electron chi connectivity index (χ0n) is 23.6. The Bertz CT molecular complexity index is 1490. The number of unbranched alkanes of at least 4 members (excludes halogenated alkanes) is 2. The van der Waals surface area contributed by atoms with Gasteiger partial charge < -0.3 is 25.2 Å². The molecule has 0 spiro atoms. The number of nitrogens with two attached hydrogens (primary N) is 1. The first kappa shape index (κ1) is 29.5. The highest BCUT2D eigenvalue weighted by atomic mass is 35.5. The molecule has 3 aromatic rings. The standard InChI is InChI=1S/C31H34ClN5O5/c1-3-5-15-37(16-6-4-2)30-34-29(32)35-31(36-30)42-19-13-11-18(12-14-19)41-23-17-22(38)24-25(26(23)33)28(40)21-10-8-7-9-20(21)27(24)39/h7-14,22,24-25,38H,3-6,15-17,33H2,1-2H3. The molecule has 10 nitrogen and oxygen atoms in total. The van der Waals surface area contributed by atoms with Gasteiger partial charge >= 0.3 is 6.01 Å². The molecule has 1 heterocycles. The zero-order chi connectivity index (χ0) is 29.8. The lowest BCUT2D eigenvalue weighted by atomic mass is 9.67. The average molecular weight is 592 g/mol. The Labute approximate surface area is 249 Å². The fraction of sp³-hybridized carbons (Fsp3) is 0.387. The first-order valence-electron chi connectivity index (χ1n) is 14.3. The van der Waals surface area contributed by atoms with E-state index < -0.39 is 17.9 Å². The SMILES string of the molecule is CCCCN(CCCC)c1nc(Cl)nc(Oc2ccc(OC3=C(N)C4C(=O)c5ccccc5C(=O)C4C(O)C3)cc2)n1. The van der Waals surface area contributed by atoms with Gasteiger partial charge in [-0.05, 0) is 48.7 Å². The summed E-state index contributed by atoms with van der Waals surface area (Å²) >= 11 is 6.21. The molecule has 220 valence electrons. The van der Waals surface area contributed by atoms with E-state index in [-0.39, 0.29) is 40.7 Å². The second kappa shape index (κ2) is 12.9. The van der Waals surface area contributed by atoms with Crippen LogP contribution < -0.4 is 20.1 Å². The van der Waals surface area contributed by atoms with Crippen molar-refractivity contribution in [3.8, 4) is 17.5 Å². The molecule has 0 aliphatic heterocycles. The van der Waals surface area contributed by atoms with Crippen LogP contribution >= 0.6 is 11.6 Å². The summed E-state index contributed by atoms with van der Waals surface area (Å²) in [7, 11) is 0. The summed E-state index contributed by atoms with van der Waals surface area (Å²) in [5.41, 5.74) is 7.18. The quantitative estimate of drug-likeness (QED) is 0.300. The lowest BCUT2D eigenvalue weighted by Gasteiger charge is -2.38. The third-order valence-corrected chi connectivity index (χ3v) is 7.73. The van der Waals surface area contributed by atoms with E-state index in [9.17, 15) is 14.7 Å². The van der Waals surface area contributed by atoms with Gasteiger partial charge in [-0.15, -0.1) is 0 Å².